The molecule has 4 rings (SSSR count). The molecule has 196 valence electrons. The van der Waals surface area contributed by atoms with Crippen LogP contribution in [0.5, 0.6) is 11.6 Å². The Morgan fingerprint density at radius 2 is 1.87 bits per heavy atom. The van der Waals surface area contributed by atoms with Crippen LogP contribution in [0.3, 0.4) is 0 Å². The van der Waals surface area contributed by atoms with Crippen molar-refractivity contribution in [2.24, 2.45) is 5.41 Å². The van der Waals surface area contributed by atoms with Crippen LogP contribution in [0.1, 0.15) is 19.4 Å². The van der Waals surface area contributed by atoms with E-state index in [1.165, 1.54) is 44.6 Å². The minimum Gasteiger partial charge on any atom is -0.481 e. The van der Waals surface area contributed by atoms with Crippen LogP contribution in [0.25, 0.3) is 0 Å². The molecule has 0 aliphatic carbocycles. The van der Waals surface area contributed by atoms with Gasteiger partial charge in [0.1, 0.15) is 0 Å². The summed E-state index contributed by atoms with van der Waals surface area (Å²) >= 11 is 5.96. The first kappa shape index (κ1) is 26.5. The highest BCUT2D eigenvalue weighted by atomic mass is 35.5. The zero-order valence-corrected chi connectivity index (χ0v) is 21.0. The fourth-order valence-corrected chi connectivity index (χ4v) is 3.51. The minimum atomic E-state index is -1.42. The fourth-order valence-electron chi connectivity index (χ4n) is 3.38. The molecule has 0 amide bonds. The molecule has 13 heteroatoms. The van der Waals surface area contributed by atoms with Crippen molar-refractivity contribution in [2.45, 2.75) is 26.9 Å². The van der Waals surface area contributed by atoms with E-state index in [1.807, 2.05) is 0 Å². The highest BCUT2D eigenvalue weighted by molar-refractivity contribution is 6.30. The standard InChI is InChI=1S/C25H22ClFN6O5/c1-25(2,21(34)35)14-33-23(36)31-22(32(24(33)37)13-15-3-5-16(26)6-4-15)30-17-7-8-19(18(27)11-17)38-20-12-28-9-10-29-20/h3-12H,13-14H2,1-2H3,(H,34,35)(H,30,31,36). The highest BCUT2D eigenvalue weighted by Gasteiger charge is 2.30. The number of aromatic nitrogens is 5. The molecule has 2 heterocycles. The number of nitrogens with zero attached hydrogens (tertiary/aromatic N) is 5. The summed E-state index contributed by atoms with van der Waals surface area (Å²) in [7, 11) is 0. The molecular formula is C25H22ClFN6O5. The third-order valence-electron chi connectivity index (χ3n) is 5.48. The van der Waals surface area contributed by atoms with Crippen LogP contribution >= 0.6 is 11.6 Å². The predicted molar refractivity (Wildman–Crippen MR) is 137 cm³/mol. The van der Waals surface area contributed by atoms with Crippen molar-refractivity contribution in [1.29, 1.82) is 0 Å². The number of rotatable bonds is 9. The van der Waals surface area contributed by atoms with E-state index in [1.54, 1.807) is 24.3 Å². The number of carboxylic acid groups (broad SMARTS) is 1. The average Bonchev–Trinajstić information content (AvgIpc) is 2.87. The lowest BCUT2D eigenvalue weighted by atomic mass is 9.94. The lowest BCUT2D eigenvalue weighted by Gasteiger charge is -2.21. The van der Waals surface area contributed by atoms with Gasteiger partial charge in [-0.3, -0.25) is 14.3 Å². The van der Waals surface area contributed by atoms with Crippen molar-refractivity contribution in [3.8, 4) is 11.6 Å². The van der Waals surface area contributed by atoms with Crippen molar-refractivity contribution < 1.29 is 19.0 Å². The number of aliphatic carboxylic acids is 1. The lowest BCUT2D eigenvalue weighted by molar-refractivity contribution is -0.147. The monoisotopic (exact) mass is 540 g/mol. The quantitative estimate of drug-likeness (QED) is 0.325. The van der Waals surface area contributed by atoms with Gasteiger partial charge in [0.25, 0.3) is 0 Å². The van der Waals surface area contributed by atoms with Crippen molar-refractivity contribution in [2.75, 3.05) is 5.32 Å². The van der Waals surface area contributed by atoms with Gasteiger partial charge in [-0.05, 0) is 43.7 Å². The first-order chi connectivity index (χ1) is 18.0. The summed E-state index contributed by atoms with van der Waals surface area (Å²) in [5.74, 6) is -2.12. The van der Waals surface area contributed by atoms with E-state index in [4.69, 9.17) is 16.3 Å². The molecule has 0 saturated heterocycles. The maximum atomic E-state index is 14.8. The van der Waals surface area contributed by atoms with Crippen LogP contribution in [0, 0.1) is 11.2 Å². The summed E-state index contributed by atoms with van der Waals surface area (Å²) in [6.45, 7) is 2.35. The molecule has 38 heavy (non-hydrogen) atoms. The maximum Gasteiger partial charge on any atom is 0.354 e. The molecule has 4 aromatic rings. The van der Waals surface area contributed by atoms with Crippen LogP contribution in [0.15, 0.2) is 70.6 Å². The third kappa shape index (κ3) is 6.03. The van der Waals surface area contributed by atoms with Crippen molar-refractivity contribution in [1.82, 2.24) is 24.1 Å². The van der Waals surface area contributed by atoms with E-state index < -0.39 is 35.1 Å². The Balaban J connectivity index is 1.72. The Morgan fingerprint density at radius 3 is 2.50 bits per heavy atom. The number of halogens is 2. The molecule has 11 nitrogen and oxygen atoms in total. The second-order valence-electron chi connectivity index (χ2n) is 8.90. The van der Waals surface area contributed by atoms with Crippen molar-refractivity contribution in [3.63, 3.8) is 0 Å². The molecule has 0 radical (unpaired) electrons. The zero-order valence-electron chi connectivity index (χ0n) is 20.3. The summed E-state index contributed by atoms with van der Waals surface area (Å²) < 4.78 is 22.1. The van der Waals surface area contributed by atoms with Crippen LogP contribution in [-0.4, -0.2) is 35.2 Å². The first-order valence-electron chi connectivity index (χ1n) is 11.2. The largest absolute Gasteiger partial charge is 0.481 e. The number of carboxylic acids is 1. The number of hydrogen-bond donors (Lipinski definition) is 2. The van der Waals surface area contributed by atoms with E-state index in [-0.39, 0.29) is 29.8 Å². The topological polar surface area (TPSA) is 141 Å². The van der Waals surface area contributed by atoms with Gasteiger partial charge in [0.15, 0.2) is 11.6 Å². The summed E-state index contributed by atoms with van der Waals surface area (Å²) in [6, 6.07) is 10.6. The van der Waals surface area contributed by atoms with E-state index in [9.17, 15) is 23.9 Å². The third-order valence-corrected chi connectivity index (χ3v) is 5.73. The van der Waals surface area contributed by atoms with Crippen LogP contribution < -0.4 is 21.4 Å². The van der Waals surface area contributed by atoms with Gasteiger partial charge in [-0.1, -0.05) is 23.7 Å². The Bertz CT molecular complexity index is 1590. The molecule has 0 atom stereocenters. The van der Waals surface area contributed by atoms with Crippen molar-refractivity contribution >= 4 is 29.2 Å². The molecule has 0 unspecified atom stereocenters. The summed E-state index contributed by atoms with van der Waals surface area (Å²) in [5.41, 5.74) is -2.33. The Hall–Kier alpha value is -4.58. The molecule has 2 N–H and O–H groups in total. The van der Waals surface area contributed by atoms with Crippen LogP contribution in [0.4, 0.5) is 16.0 Å². The van der Waals surface area contributed by atoms with Crippen LogP contribution in [0.2, 0.25) is 5.02 Å². The zero-order chi connectivity index (χ0) is 27.4. The molecule has 0 bridgehead atoms. The van der Waals surface area contributed by atoms with Gasteiger partial charge >= 0.3 is 17.3 Å². The van der Waals surface area contributed by atoms with E-state index >= 15 is 0 Å². The number of ether oxygens (including phenoxy) is 1. The van der Waals surface area contributed by atoms with Gasteiger partial charge in [-0.25, -0.2) is 23.5 Å². The van der Waals surface area contributed by atoms with Crippen LogP contribution in [-0.2, 0) is 17.9 Å². The predicted octanol–water partition coefficient (Wildman–Crippen LogP) is 3.68. The van der Waals surface area contributed by atoms with E-state index in [0.29, 0.717) is 10.6 Å². The molecule has 0 spiro atoms. The smallest absolute Gasteiger partial charge is 0.354 e. The summed E-state index contributed by atoms with van der Waals surface area (Å²) in [5, 5.41) is 12.8. The number of benzene rings is 2. The van der Waals surface area contributed by atoms with E-state index in [0.717, 1.165) is 15.2 Å². The maximum absolute atomic E-state index is 14.8. The second kappa shape index (κ2) is 10.8. The fraction of sp³-hybridized carbons (Fsp3) is 0.200. The van der Waals surface area contributed by atoms with Gasteiger partial charge in [0, 0.05) is 35.7 Å². The molecule has 2 aromatic heterocycles. The van der Waals surface area contributed by atoms with Gasteiger partial charge in [0.05, 0.1) is 18.2 Å². The molecule has 0 fully saturated rings. The molecule has 0 aliphatic rings. The first-order valence-corrected chi connectivity index (χ1v) is 11.6. The van der Waals surface area contributed by atoms with Gasteiger partial charge < -0.3 is 15.2 Å². The van der Waals surface area contributed by atoms with Gasteiger partial charge in [-0.2, -0.15) is 4.98 Å². The molecule has 2 aromatic carbocycles. The summed E-state index contributed by atoms with van der Waals surface area (Å²) in [6.07, 6.45) is 4.17. The summed E-state index contributed by atoms with van der Waals surface area (Å²) in [4.78, 5) is 49.6. The average molecular weight is 541 g/mol. The Labute approximate surface area is 220 Å². The molecule has 0 saturated carbocycles. The minimum absolute atomic E-state index is 0.0323. The Morgan fingerprint density at radius 1 is 1.13 bits per heavy atom. The number of nitrogens with one attached hydrogen (secondary N) is 1. The van der Waals surface area contributed by atoms with Gasteiger partial charge in [-0.15, -0.1) is 0 Å². The highest BCUT2D eigenvalue weighted by Crippen LogP contribution is 2.26. The SMILES string of the molecule is CC(C)(Cn1c(=O)nc(Nc2ccc(Oc3cnccn3)c(F)c2)n(Cc2ccc(Cl)cc2)c1=O)C(=O)O. The number of hydrogen-bond acceptors (Lipinski definition) is 8. The van der Waals surface area contributed by atoms with Crippen molar-refractivity contribution in [3.05, 3.63) is 98.4 Å². The Kier molecular flexibility index (Phi) is 7.53. The molecule has 0 aliphatic heterocycles. The van der Waals surface area contributed by atoms with Gasteiger partial charge in [0.2, 0.25) is 11.8 Å². The molecular weight excluding hydrogens is 519 g/mol. The number of anilines is 2. The van der Waals surface area contributed by atoms with E-state index in [2.05, 4.69) is 20.3 Å². The lowest BCUT2D eigenvalue weighted by Crippen LogP contribution is -2.46. The second-order valence-corrected chi connectivity index (χ2v) is 9.34. The normalized spacial score (nSPS) is 11.3. The number of carbonyl (C=O) groups is 1.